The van der Waals surface area contributed by atoms with Crippen LogP contribution >= 0.6 is 15.6 Å². The average molecular weight is 1260 g/mol. The van der Waals surface area contributed by atoms with Gasteiger partial charge in [0.15, 0.2) is 12.2 Å². The molecule has 3 N–H and O–H groups in total. The van der Waals surface area contributed by atoms with Crippen LogP contribution in [0.3, 0.4) is 0 Å². The molecule has 2 unspecified atom stereocenters. The predicted molar refractivity (Wildman–Crippen MR) is 340 cm³/mol. The molecule has 5 atom stereocenters. The Morgan fingerprint density at radius 3 is 0.694 bits per heavy atom. The van der Waals surface area contributed by atoms with Gasteiger partial charge in [-0.05, 0) is 25.7 Å². The maximum atomic E-state index is 13.0. The van der Waals surface area contributed by atoms with Gasteiger partial charge in [-0.1, -0.05) is 291 Å². The van der Waals surface area contributed by atoms with E-state index in [2.05, 4.69) is 27.7 Å². The van der Waals surface area contributed by atoms with E-state index < -0.39 is 97.5 Å². The molecule has 0 heterocycles. The van der Waals surface area contributed by atoms with E-state index in [0.717, 1.165) is 89.9 Å². The minimum Gasteiger partial charge on any atom is -0.462 e. The van der Waals surface area contributed by atoms with Crippen LogP contribution in [0.25, 0.3) is 0 Å². The summed E-state index contributed by atoms with van der Waals surface area (Å²) in [5.41, 5.74) is 0. The van der Waals surface area contributed by atoms with Gasteiger partial charge >= 0.3 is 39.5 Å². The zero-order valence-corrected chi connectivity index (χ0v) is 56.4. The van der Waals surface area contributed by atoms with Gasteiger partial charge < -0.3 is 33.8 Å². The Labute approximate surface area is 517 Å². The molecule has 0 rings (SSSR count). The first kappa shape index (κ1) is 83.1. The maximum absolute atomic E-state index is 13.0. The van der Waals surface area contributed by atoms with E-state index in [1.165, 1.54) is 173 Å². The molecular weight excluding hydrogens is 1130 g/mol. The van der Waals surface area contributed by atoms with Gasteiger partial charge in [0.1, 0.15) is 19.3 Å². The predicted octanol–water partition coefficient (Wildman–Crippen LogP) is 18.7. The number of hydrogen-bond acceptors (Lipinski definition) is 15. The summed E-state index contributed by atoms with van der Waals surface area (Å²) in [4.78, 5) is 72.3. The Balaban J connectivity index is 5.23. The summed E-state index contributed by atoms with van der Waals surface area (Å²) in [6.45, 7) is 4.90. The smallest absolute Gasteiger partial charge is 0.462 e. The molecule has 0 amide bonds. The van der Waals surface area contributed by atoms with E-state index in [0.29, 0.717) is 25.7 Å². The highest BCUT2D eigenvalue weighted by Crippen LogP contribution is 2.45. The summed E-state index contributed by atoms with van der Waals surface area (Å²) >= 11 is 0. The van der Waals surface area contributed by atoms with Crippen molar-refractivity contribution in [2.24, 2.45) is 0 Å². The Bertz CT molecular complexity index is 1640. The number of ether oxygens (including phenoxy) is 4. The fourth-order valence-electron chi connectivity index (χ4n) is 9.99. The third-order valence-electron chi connectivity index (χ3n) is 15.4. The molecule has 0 aromatic rings. The Morgan fingerprint density at radius 2 is 0.471 bits per heavy atom. The molecule has 0 fully saturated rings. The lowest BCUT2D eigenvalue weighted by Crippen LogP contribution is -2.30. The van der Waals surface area contributed by atoms with Gasteiger partial charge in [-0.3, -0.25) is 37.3 Å². The van der Waals surface area contributed by atoms with Crippen molar-refractivity contribution in [3.05, 3.63) is 0 Å². The van der Waals surface area contributed by atoms with Gasteiger partial charge in [-0.25, -0.2) is 9.13 Å². The number of aliphatic hydroxyl groups is 1. The van der Waals surface area contributed by atoms with Crippen molar-refractivity contribution in [1.29, 1.82) is 0 Å². The molecule has 504 valence electrons. The Hall–Kier alpha value is -1.94. The molecule has 0 aromatic carbocycles. The quantitative estimate of drug-likeness (QED) is 0.0222. The molecule has 85 heavy (non-hydrogen) atoms. The van der Waals surface area contributed by atoms with Gasteiger partial charge in [-0.15, -0.1) is 0 Å². The monoisotopic (exact) mass is 1250 g/mol. The Morgan fingerprint density at radius 1 is 0.282 bits per heavy atom. The van der Waals surface area contributed by atoms with Crippen molar-refractivity contribution in [3.8, 4) is 0 Å². The van der Waals surface area contributed by atoms with Crippen molar-refractivity contribution >= 4 is 39.5 Å². The number of rotatable bonds is 67. The SMILES string of the molecule is CCCCCCCCCCCCCCCCC(=O)O[C@H](COC(=O)CCCCCCCCCCCCC)COP(=O)(O)OC[C@@H](O)COP(=O)(O)OC[C@@H](COC(=O)CCCCCCCCCCCC)OC(=O)CCCCCCCCCCCC. The average Bonchev–Trinajstić information content (AvgIpc) is 3.55. The molecule has 0 aliphatic heterocycles. The van der Waals surface area contributed by atoms with Gasteiger partial charge in [0, 0.05) is 25.7 Å². The third-order valence-corrected chi connectivity index (χ3v) is 17.3. The number of hydrogen-bond donors (Lipinski definition) is 3. The lowest BCUT2D eigenvalue weighted by Gasteiger charge is -2.21. The van der Waals surface area contributed by atoms with E-state index in [-0.39, 0.29) is 25.7 Å². The lowest BCUT2D eigenvalue weighted by atomic mass is 10.0. The molecule has 0 aromatic heterocycles. The number of carbonyl (C=O) groups is 4. The van der Waals surface area contributed by atoms with Gasteiger partial charge in [0.25, 0.3) is 0 Å². The van der Waals surface area contributed by atoms with Crippen LogP contribution in [0, 0.1) is 0 Å². The van der Waals surface area contributed by atoms with E-state index in [4.69, 9.17) is 37.0 Å². The van der Waals surface area contributed by atoms with Gasteiger partial charge in [0.05, 0.1) is 26.4 Å². The fourth-order valence-corrected chi connectivity index (χ4v) is 11.6. The number of unbranched alkanes of at least 4 members (excludes halogenated alkanes) is 41. The minimum absolute atomic E-state index is 0.107. The molecule has 0 aliphatic rings. The summed E-state index contributed by atoms with van der Waals surface area (Å²) in [6, 6.07) is 0. The molecule has 0 saturated heterocycles. The van der Waals surface area contributed by atoms with Crippen LogP contribution in [0.2, 0.25) is 0 Å². The van der Waals surface area contributed by atoms with Crippen LogP contribution in [0.1, 0.15) is 342 Å². The van der Waals surface area contributed by atoms with Gasteiger partial charge in [0.2, 0.25) is 0 Å². The van der Waals surface area contributed by atoms with Crippen molar-refractivity contribution in [2.75, 3.05) is 39.6 Å². The van der Waals surface area contributed by atoms with Crippen LogP contribution < -0.4 is 0 Å². The summed E-state index contributed by atoms with van der Waals surface area (Å²) < 4.78 is 68.1. The van der Waals surface area contributed by atoms with Crippen LogP contribution in [-0.2, 0) is 65.4 Å². The summed E-state index contributed by atoms with van der Waals surface area (Å²) in [7, 11) is -9.89. The van der Waals surface area contributed by atoms with Gasteiger partial charge in [-0.2, -0.15) is 0 Å². The fraction of sp³-hybridized carbons (Fsp3) is 0.939. The van der Waals surface area contributed by atoms with E-state index in [1.54, 1.807) is 0 Å². The third kappa shape index (κ3) is 60.7. The highest BCUT2D eigenvalue weighted by atomic mass is 31.2. The number of phosphoric acid groups is 2. The molecular formula is C66H128O17P2. The van der Waals surface area contributed by atoms with E-state index >= 15 is 0 Å². The second kappa shape index (κ2) is 60.9. The summed E-state index contributed by atoms with van der Waals surface area (Å²) in [5.74, 6) is -2.13. The second-order valence-corrected chi connectivity index (χ2v) is 26.8. The molecule has 0 spiro atoms. The Kier molecular flexibility index (Phi) is 59.6. The molecule has 0 bridgehead atoms. The zero-order chi connectivity index (χ0) is 62.6. The molecule has 0 saturated carbocycles. The largest absolute Gasteiger partial charge is 0.472 e. The van der Waals surface area contributed by atoms with Crippen molar-refractivity contribution in [2.45, 2.75) is 361 Å². The maximum Gasteiger partial charge on any atom is 0.472 e. The number of esters is 4. The first-order valence-corrected chi connectivity index (χ1v) is 37.8. The standard InChI is InChI=1S/C66H128O17P2/c1-5-9-13-17-21-25-29-30-31-33-37-41-45-49-53-66(71)83-62(57-77-64(69)51-47-43-39-36-32-26-22-18-14-10-6-2)59-81-85(74,75)79-55-60(67)54-78-84(72,73)80-58-61(82-65(70)52-48-44-40-35-28-24-20-16-12-8-4)56-76-63(68)50-46-42-38-34-27-23-19-15-11-7-3/h60-62,67H,5-59H2,1-4H3,(H,72,73)(H,74,75)/t60-,61+,62+/m0/s1. The van der Waals surface area contributed by atoms with Crippen molar-refractivity contribution < 1.29 is 80.2 Å². The first-order valence-electron chi connectivity index (χ1n) is 34.8. The number of carbonyl (C=O) groups excluding carboxylic acids is 4. The normalized spacial score (nSPS) is 14.1. The van der Waals surface area contributed by atoms with Crippen LogP contribution in [-0.4, -0.2) is 96.7 Å². The molecule has 0 radical (unpaired) electrons. The molecule has 17 nitrogen and oxygen atoms in total. The number of aliphatic hydroxyl groups excluding tert-OH is 1. The topological polar surface area (TPSA) is 237 Å². The van der Waals surface area contributed by atoms with Crippen molar-refractivity contribution in [1.82, 2.24) is 0 Å². The number of phosphoric ester groups is 2. The lowest BCUT2D eigenvalue weighted by molar-refractivity contribution is -0.161. The summed E-state index contributed by atoms with van der Waals surface area (Å²) in [5, 5.41) is 10.5. The summed E-state index contributed by atoms with van der Waals surface area (Å²) in [6.07, 6.45) is 47.0. The molecule has 19 heteroatoms. The first-order chi connectivity index (χ1) is 41.2. The van der Waals surface area contributed by atoms with Crippen molar-refractivity contribution in [3.63, 3.8) is 0 Å². The highest BCUT2D eigenvalue weighted by Gasteiger charge is 2.30. The zero-order valence-electron chi connectivity index (χ0n) is 54.6. The minimum atomic E-state index is -4.94. The second-order valence-electron chi connectivity index (χ2n) is 23.9. The van der Waals surface area contributed by atoms with E-state index in [1.807, 2.05) is 0 Å². The van der Waals surface area contributed by atoms with Crippen LogP contribution in [0.4, 0.5) is 0 Å². The molecule has 0 aliphatic carbocycles. The van der Waals surface area contributed by atoms with E-state index in [9.17, 15) is 43.2 Å². The highest BCUT2D eigenvalue weighted by molar-refractivity contribution is 7.47. The van der Waals surface area contributed by atoms with Crippen LogP contribution in [0.15, 0.2) is 0 Å². The van der Waals surface area contributed by atoms with Crippen LogP contribution in [0.5, 0.6) is 0 Å².